The number of halogens is 2. The van der Waals surface area contributed by atoms with Crippen LogP contribution >= 0.6 is 31.9 Å². The molecule has 6 nitrogen and oxygen atoms in total. The molecule has 0 N–H and O–H groups in total. The number of esters is 1. The number of benzene rings is 4. The van der Waals surface area contributed by atoms with Crippen LogP contribution in [0.2, 0.25) is 0 Å². The molecule has 0 aliphatic heterocycles. The fraction of sp³-hybridized carbons (Fsp3) is 0.161. The Morgan fingerprint density at radius 2 is 1.49 bits per heavy atom. The number of methoxy groups -OCH3 is 1. The summed E-state index contributed by atoms with van der Waals surface area (Å²) < 4.78 is 18.3. The molecule has 4 aromatic carbocycles. The van der Waals surface area contributed by atoms with Crippen molar-refractivity contribution < 1.29 is 23.8 Å². The SMILES string of the molecule is CCOC(=O)C(C)N(C(=O)c1ccccc1)c1cc(Br)c(Oc2ccc(OC)c(-c3ccccc3)c2)c(Br)c1. The van der Waals surface area contributed by atoms with Crippen molar-refractivity contribution in [1.82, 2.24) is 0 Å². The van der Waals surface area contributed by atoms with Gasteiger partial charge < -0.3 is 14.2 Å². The van der Waals surface area contributed by atoms with Gasteiger partial charge in [0.05, 0.1) is 22.7 Å². The molecule has 4 aromatic rings. The number of nitrogens with zero attached hydrogens (tertiary/aromatic N) is 1. The summed E-state index contributed by atoms with van der Waals surface area (Å²) in [6.45, 7) is 3.59. The molecule has 0 fully saturated rings. The quantitative estimate of drug-likeness (QED) is 0.170. The van der Waals surface area contributed by atoms with E-state index in [-0.39, 0.29) is 12.5 Å². The van der Waals surface area contributed by atoms with Crippen LogP contribution in [0.15, 0.2) is 99.9 Å². The van der Waals surface area contributed by atoms with Crippen molar-refractivity contribution in [2.24, 2.45) is 0 Å². The molecule has 8 heteroatoms. The van der Waals surface area contributed by atoms with Gasteiger partial charge in [0.1, 0.15) is 17.5 Å². The van der Waals surface area contributed by atoms with Crippen molar-refractivity contribution in [3.8, 4) is 28.4 Å². The van der Waals surface area contributed by atoms with Gasteiger partial charge in [0.25, 0.3) is 5.91 Å². The average Bonchev–Trinajstić information content (AvgIpc) is 2.96. The van der Waals surface area contributed by atoms with Gasteiger partial charge in [0.15, 0.2) is 5.75 Å². The third-order valence-electron chi connectivity index (χ3n) is 5.99. The summed E-state index contributed by atoms with van der Waals surface area (Å²) in [6, 6.07) is 26.9. The maximum Gasteiger partial charge on any atom is 0.328 e. The lowest BCUT2D eigenvalue weighted by Gasteiger charge is -2.29. The largest absolute Gasteiger partial charge is 0.496 e. The van der Waals surface area contributed by atoms with Crippen LogP contribution in [0.4, 0.5) is 5.69 Å². The molecule has 1 atom stereocenters. The molecule has 200 valence electrons. The molecule has 0 bridgehead atoms. The Kier molecular flexibility index (Phi) is 9.43. The topological polar surface area (TPSA) is 65.1 Å². The molecular formula is C31H27Br2NO5. The van der Waals surface area contributed by atoms with Crippen LogP contribution in [-0.2, 0) is 9.53 Å². The van der Waals surface area contributed by atoms with E-state index in [1.165, 1.54) is 4.90 Å². The minimum absolute atomic E-state index is 0.212. The lowest BCUT2D eigenvalue weighted by atomic mass is 10.0. The Hall–Kier alpha value is -3.62. The predicted molar refractivity (Wildman–Crippen MR) is 160 cm³/mol. The summed E-state index contributed by atoms with van der Waals surface area (Å²) in [5.74, 6) is 1.01. The fourth-order valence-electron chi connectivity index (χ4n) is 4.10. The minimum atomic E-state index is -0.863. The molecule has 0 aliphatic carbocycles. The van der Waals surface area contributed by atoms with Gasteiger partial charge in [0, 0.05) is 16.8 Å². The number of carbonyl (C=O) groups excluding carboxylic acids is 2. The van der Waals surface area contributed by atoms with Crippen LogP contribution in [0, 0.1) is 0 Å². The molecule has 1 amide bonds. The zero-order chi connectivity index (χ0) is 27.9. The Labute approximate surface area is 244 Å². The van der Waals surface area contributed by atoms with Gasteiger partial charge >= 0.3 is 5.97 Å². The number of carbonyl (C=O) groups is 2. The highest BCUT2D eigenvalue weighted by atomic mass is 79.9. The zero-order valence-electron chi connectivity index (χ0n) is 21.7. The summed E-state index contributed by atoms with van der Waals surface area (Å²) >= 11 is 7.21. The summed E-state index contributed by atoms with van der Waals surface area (Å²) in [5.41, 5.74) is 2.83. The second-order valence-electron chi connectivity index (χ2n) is 8.54. The fourth-order valence-corrected chi connectivity index (χ4v) is 5.42. The molecule has 0 aliphatic rings. The zero-order valence-corrected chi connectivity index (χ0v) is 24.9. The highest BCUT2D eigenvalue weighted by Crippen LogP contribution is 2.42. The number of hydrogen-bond donors (Lipinski definition) is 0. The maximum atomic E-state index is 13.6. The van der Waals surface area contributed by atoms with Crippen LogP contribution in [0.3, 0.4) is 0 Å². The molecule has 0 radical (unpaired) electrons. The van der Waals surface area contributed by atoms with E-state index in [9.17, 15) is 9.59 Å². The number of ether oxygens (including phenoxy) is 3. The van der Waals surface area contributed by atoms with Gasteiger partial charge in [-0.25, -0.2) is 4.79 Å². The van der Waals surface area contributed by atoms with E-state index < -0.39 is 12.0 Å². The van der Waals surface area contributed by atoms with Crippen molar-refractivity contribution >= 4 is 49.4 Å². The third-order valence-corrected chi connectivity index (χ3v) is 7.17. The van der Waals surface area contributed by atoms with E-state index in [0.717, 1.165) is 16.9 Å². The lowest BCUT2D eigenvalue weighted by Crippen LogP contribution is -2.44. The average molecular weight is 653 g/mol. The van der Waals surface area contributed by atoms with Crippen LogP contribution in [0.5, 0.6) is 17.2 Å². The highest BCUT2D eigenvalue weighted by Gasteiger charge is 2.30. The van der Waals surface area contributed by atoms with Gasteiger partial charge in [0.2, 0.25) is 0 Å². The van der Waals surface area contributed by atoms with Gasteiger partial charge in [-0.15, -0.1) is 0 Å². The summed E-state index contributed by atoms with van der Waals surface area (Å²) in [4.78, 5) is 27.7. The number of anilines is 1. The molecule has 0 heterocycles. The first-order chi connectivity index (χ1) is 18.8. The van der Waals surface area contributed by atoms with Crippen LogP contribution < -0.4 is 14.4 Å². The minimum Gasteiger partial charge on any atom is -0.496 e. The van der Waals surface area contributed by atoms with E-state index in [0.29, 0.717) is 31.7 Å². The molecule has 0 spiro atoms. The first kappa shape index (κ1) is 28.4. The first-order valence-corrected chi connectivity index (χ1v) is 13.9. The number of rotatable bonds is 9. The van der Waals surface area contributed by atoms with E-state index in [1.807, 2.05) is 54.6 Å². The molecule has 4 rings (SSSR count). The Bertz CT molecular complexity index is 1440. The number of hydrogen-bond acceptors (Lipinski definition) is 5. The summed E-state index contributed by atoms with van der Waals surface area (Å²) in [6.07, 6.45) is 0. The summed E-state index contributed by atoms with van der Waals surface area (Å²) in [7, 11) is 1.63. The molecular weight excluding hydrogens is 626 g/mol. The van der Waals surface area contributed by atoms with Gasteiger partial charge in [-0.05, 0) is 93.7 Å². The second-order valence-corrected chi connectivity index (χ2v) is 10.2. The maximum absolute atomic E-state index is 13.6. The predicted octanol–water partition coefficient (Wildman–Crippen LogP) is 8.28. The Morgan fingerprint density at radius 1 is 0.872 bits per heavy atom. The van der Waals surface area contributed by atoms with Crippen LogP contribution in [-0.4, -0.2) is 31.6 Å². The van der Waals surface area contributed by atoms with E-state index in [4.69, 9.17) is 14.2 Å². The van der Waals surface area contributed by atoms with E-state index in [1.54, 1.807) is 57.4 Å². The second kappa shape index (κ2) is 13.0. The molecule has 0 saturated carbocycles. The standard InChI is InChI=1S/C31H27Br2NO5/c1-4-38-31(36)20(2)34(30(35)22-13-9-6-10-14-22)23-17-26(32)29(27(33)18-23)39-24-15-16-28(37-3)25(19-24)21-11-7-5-8-12-21/h5-20H,4H2,1-3H3. The van der Waals surface area contributed by atoms with Crippen molar-refractivity contribution in [2.75, 3.05) is 18.6 Å². The first-order valence-electron chi connectivity index (χ1n) is 12.3. The molecule has 1 unspecified atom stereocenters. The van der Waals surface area contributed by atoms with Crippen molar-refractivity contribution in [1.29, 1.82) is 0 Å². The summed E-state index contributed by atoms with van der Waals surface area (Å²) in [5, 5.41) is 0. The van der Waals surface area contributed by atoms with Crippen molar-refractivity contribution in [3.63, 3.8) is 0 Å². The van der Waals surface area contributed by atoms with Crippen molar-refractivity contribution in [2.45, 2.75) is 19.9 Å². The molecule has 0 saturated heterocycles. The van der Waals surface area contributed by atoms with Gasteiger partial charge in [-0.3, -0.25) is 9.69 Å². The van der Waals surface area contributed by atoms with Gasteiger partial charge in [-0.2, -0.15) is 0 Å². The monoisotopic (exact) mass is 651 g/mol. The van der Waals surface area contributed by atoms with Crippen LogP contribution in [0.25, 0.3) is 11.1 Å². The van der Waals surface area contributed by atoms with E-state index in [2.05, 4.69) is 31.9 Å². The Morgan fingerprint density at radius 3 is 2.08 bits per heavy atom. The molecule has 39 heavy (non-hydrogen) atoms. The van der Waals surface area contributed by atoms with Crippen molar-refractivity contribution in [3.05, 3.63) is 106 Å². The smallest absolute Gasteiger partial charge is 0.328 e. The van der Waals surface area contributed by atoms with E-state index >= 15 is 0 Å². The third kappa shape index (κ3) is 6.52. The van der Waals surface area contributed by atoms with Gasteiger partial charge in [-0.1, -0.05) is 48.5 Å². The Balaban J connectivity index is 1.71. The number of amides is 1. The van der Waals surface area contributed by atoms with Crippen LogP contribution in [0.1, 0.15) is 24.2 Å². The normalized spacial score (nSPS) is 11.4. The lowest BCUT2D eigenvalue weighted by molar-refractivity contribution is -0.144. The molecule has 0 aromatic heterocycles. The highest BCUT2D eigenvalue weighted by molar-refractivity contribution is 9.11.